The van der Waals surface area contributed by atoms with Crippen LogP contribution in [0.4, 0.5) is 0 Å². The topological polar surface area (TPSA) is 136 Å². The SMILES string of the molecule is CC(=O)Oc1ccc(/C=C/C(=O)Oc2ccc(/C=C/C(=O)O)cc2O)cc1OC(C)=O. The zero-order valence-electron chi connectivity index (χ0n) is 16.5. The number of carbonyl (C=O) groups excluding carboxylic acids is 3. The summed E-state index contributed by atoms with van der Waals surface area (Å²) in [5, 5.41) is 18.6. The van der Waals surface area contributed by atoms with E-state index in [2.05, 4.69) is 0 Å². The van der Waals surface area contributed by atoms with Crippen LogP contribution in [0.3, 0.4) is 0 Å². The third-order valence-electron chi connectivity index (χ3n) is 3.50. The molecule has 0 aliphatic heterocycles. The van der Waals surface area contributed by atoms with Crippen LogP contribution in [-0.2, 0) is 19.2 Å². The molecular weight excluding hydrogens is 408 g/mol. The molecule has 0 saturated heterocycles. The Morgan fingerprint density at radius 3 is 1.87 bits per heavy atom. The van der Waals surface area contributed by atoms with Crippen LogP contribution in [0.25, 0.3) is 12.2 Å². The lowest BCUT2D eigenvalue weighted by Crippen LogP contribution is -2.07. The van der Waals surface area contributed by atoms with Gasteiger partial charge in [0, 0.05) is 26.0 Å². The monoisotopic (exact) mass is 426 g/mol. The lowest BCUT2D eigenvalue weighted by atomic mass is 10.2. The predicted molar refractivity (Wildman–Crippen MR) is 109 cm³/mol. The van der Waals surface area contributed by atoms with Crippen LogP contribution in [0, 0.1) is 0 Å². The summed E-state index contributed by atoms with van der Waals surface area (Å²) in [6.07, 6.45) is 4.62. The summed E-state index contributed by atoms with van der Waals surface area (Å²) >= 11 is 0. The molecule has 0 aliphatic carbocycles. The predicted octanol–water partition coefficient (Wildman–Crippen LogP) is 2.96. The molecule has 0 spiro atoms. The third kappa shape index (κ3) is 7.50. The van der Waals surface area contributed by atoms with Gasteiger partial charge in [0.2, 0.25) is 0 Å². The molecule has 2 aromatic carbocycles. The minimum absolute atomic E-state index is 0.000802. The van der Waals surface area contributed by atoms with Crippen molar-refractivity contribution in [3.8, 4) is 23.0 Å². The van der Waals surface area contributed by atoms with Crippen molar-refractivity contribution in [2.75, 3.05) is 0 Å². The number of rotatable bonds is 7. The largest absolute Gasteiger partial charge is 0.504 e. The van der Waals surface area contributed by atoms with Crippen molar-refractivity contribution in [2.24, 2.45) is 0 Å². The van der Waals surface area contributed by atoms with Gasteiger partial charge in [0.25, 0.3) is 0 Å². The maximum Gasteiger partial charge on any atom is 0.336 e. The number of aromatic hydroxyl groups is 1. The van der Waals surface area contributed by atoms with E-state index in [1.165, 1.54) is 62.4 Å². The Bertz CT molecular complexity index is 1080. The summed E-state index contributed by atoms with van der Waals surface area (Å²) in [6.45, 7) is 2.39. The molecule has 0 amide bonds. The highest BCUT2D eigenvalue weighted by atomic mass is 16.6. The van der Waals surface area contributed by atoms with Gasteiger partial charge in [-0.1, -0.05) is 12.1 Å². The summed E-state index contributed by atoms with van der Waals surface area (Å²) < 4.78 is 15.0. The summed E-state index contributed by atoms with van der Waals surface area (Å²) in [5.74, 6) is -3.58. The van der Waals surface area contributed by atoms with E-state index in [0.717, 1.165) is 12.2 Å². The van der Waals surface area contributed by atoms with Gasteiger partial charge in [-0.3, -0.25) is 9.59 Å². The number of carbonyl (C=O) groups is 4. The van der Waals surface area contributed by atoms with Crippen molar-refractivity contribution < 1.29 is 43.6 Å². The fourth-order valence-corrected chi connectivity index (χ4v) is 2.30. The van der Waals surface area contributed by atoms with Gasteiger partial charge < -0.3 is 24.4 Å². The first-order valence-electron chi connectivity index (χ1n) is 8.79. The van der Waals surface area contributed by atoms with Gasteiger partial charge in [0.05, 0.1) is 0 Å². The molecule has 0 saturated carbocycles. The van der Waals surface area contributed by atoms with Crippen LogP contribution in [0.1, 0.15) is 25.0 Å². The van der Waals surface area contributed by atoms with Crippen LogP contribution in [0.15, 0.2) is 48.6 Å². The maximum atomic E-state index is 12.0. The van der Waals surface area contributed by atoms with Crippen molar-refractivity contribution in [2.45, 2.75) is 13.8 Å². The highest BCUT2D eigenvalue weighted by Crippen LogP contribution is 2.30. The molecule has 0 aliphatic rings. The van der Waals surface area contributed by atoms with E-state index in [0.29, 0.717) is 11.1 Å². The molecule has 9 nitrogen and oxygen atoms in total. The van der Waals surface area contributed by atoms with Gasteiger partial charge in [0.15, 0.2) is 23.0 Å². The second-order valence-corrected chi connectivity index (χ2v) is 6.05. The highest BCUT2D eigenvalue weighted by Gasteiger charge is 2.11. The van der Waals surface area contributed by atoms with Crippen molar-refractivity contribution in [3.05, 3.63) is 59.7 Å². The molecule has 0 atom stereocenters. The molecule has 0 fully saturated rings. The van der Waals surface area contributed by atoms with Gasteiger partial charge in [0.1, 0.15) is 0 Å². The Hall–Kier alpha value is -4.40. The number of carboxylic acid groups (broad SMARTS) is 1. The van der Waals surface area contributed by atoms with E-state index in [4.69, 9.17) is 19.3 Å². The lowest BCUT2D eigenvalue weighted by molar-refractivity contribution is -0.134. The Morgan fingerprint density at radius 1 is 0.742 bits per heavy atom. The molecule has 160 valence electrons. The zero-order valence-corrected chi connectivity index (χ0v) is 16.5. The van der Waals surface area contributed by atoms with E-state index < -0.39 is 23.9 Å². The molecular formula is C22H18O9. The molecule has 0 radical (unpaired) electrons. The molecule has 0 aromatic heterocycles. The van der Waals surface area contributed by atoms with Gasteiger partial charge in [-0.05, 0) is 47.5 Å². The summed E-state index contributed by atoms with van der Waals surface area (Å²) in [4.78, 5) is 45.0. The average molecular weight is 426 g/mol. The zero-order chi connectivity index (χ0) is 23.0. The van der Waals surface area contributed by atoms with Gasteiger partial charge in [-0.25, -0.2) is 9.59 Å². The van der Waals surface area contributed by atoms with E-state index in [9.17, 15) is 24.3 Å². The molecule has 9 heteroatoms. The van der Waals surface area contributed by atoms with E-state index in [1.54, 1.807) is 0 Å². The first kappa shape index (κ1) is 22.9. The number of hydrogen-bond donors (Lipinski definition) is 2. The smallest absolute Gasteiger partial charge is 0.336 e. The standard InChI is InChI=1S/C22H18O9/c1-13(23)29-19-8-4-16(12-20(19)30-14(2)24)6-10-22(28)31-18-7-3-15(11-17(18)25)5-9-21(26)27/h3-12,25H,1-2H3,(H,26,27)/b9-5+,10-6+. The highest BCUT2D eigenvalue weighted by molar-refractivity contribution is 5.89. The Kier molecular flexibility index (Phi) is 7.68. The van der Waals surface area contributed by atoms with Crippen molar-refractivity contribution in [1.29, 1.82) is 0 Å². The van der Waals surface area contributed by atoms with Crippen molar-refractivity contribution >= 4 is 36.0 Å². The van der Waals surface area contributed by atoms with Crippen molar-refractivity contribution in [3.63, 3.8) is 0 Å². The van der Waals surface area contributed by atoms with Crippen LogP contribution in [0.2, 0.25) is 0 Å². The Morgan fingerprint density at radius 2 is 1.29 bits per heavy atom. The van der Waals surface area contributed by atoms with Crippen LogP contribution >= 0.6 is 0 Å². The number of esters is 3. The van der Waals surface area contributed by atoms with Crippen LogP contribution < -0.4 is 14.2 Å². The van der Waals surface area contributed by atoms with E-state index in [1.807, 2.05) is 0 Å². The maximum absolute atomic E-state index is 12.0. The fourth-order valence-electron chi connectivity index (χ4n) is 2.30. The number of hydrogen-bond acceptors (Lipinski definition) is 8. The number of benzene rings is 2. The van der Waals surface area contributed by atoms with E-state index >= 15 is 0 Å². The number of carboxylic acids is 1. The quantitative estimate of drug-likeness (QED) is 0.389. The molecule has 31 heavy (non-hydrogen) atoms. The Balaban J connectivity index is 2.13. The number of ether oxygens (including phenoxy) is 3. The lowest BCUT2D eigenvalue weighted by Gasteiger charge is -2.09. The number of aliphatic carboxylic acids is 1. The Labute approximate surface area is 176 Å². The normalized spacial score (nSPS) is 10.8. The second-order valence-electron chi connectivity index (χ2n) is 6.05. The molecule has 0 unspecified atom stereocenters. The van der Waals surface area contributed by atoms with Crippen molar-refractivity contribution in [1.82, 2.24) is 0 Å². The molecule has 2 aromatic rings. The summed E-state index contributed by atoms with van der Waals surface area (Å²) in [7, 11) is 0. The second kappa shape index (κ2) is 10.4. The molecule has 2 N–H and O–H groups in total. The first-order chi connectivity index (χ1) is 14.6. The van der Waals surface area contributed by atoms with Gasteiger partial charge in [-0.15, -0.1) is 0 Å². The van der Waals surface area contributed by atoms with Crippen LogP contribution in [-0.4, -0.2) is 34.1 Å². The first-order valence-corrected chi connectivity index (χ1v) is 8.79. The van der Waals surface area contributed by atoms with E-state index in [-0.39, 0.29) is 23.0 Å². The molecule has 0 bridgehead atoms. The molecule has 2 rings (SSSR count). The average Bonchev–Trinajstić information content (AvgIpc) is 2.67. The number of phenolic OH excluding ortho intramolecular Hbond substituents is 1. The molecule has 0 heterocycles. The minimum atomic E-state index is -1.14. The fraction of sp³-hybridized carbons (Fsp3) is 0.0909. The summed E-state index contributed by atoms with van der Waals surface area (Å²) in [6, 6.07) is 8.34. The van der Waals surface area contributed by atoms with Gasteiger partial charge >= 0.3 is 23.9 Å². The minimum Gasteiger partial charge on any atom is -0.504 e. The van der Waals surface area contributed by atoms with Crippen LogP contribution in [0.5, 0.6) is 23.0 Å². The van der Waals surface area contributed by atoms with Gasteiger partial charge in [-0.2, -0.15) is 0 Å². The third-order valence-corrected chi connectivity index (χ3v) is 3.50. The summed E-state index contributed by atoms with van der Waals surface area (Å²) in [5.41, 5.74) is 0.851. The number of phenols is 1.